The van der Waals surface area contributed by atoms with Crippen molar-refractivity contribution in [2.24, 2.45) is 0 Å². The second-order valence-electron chi connectivity index (χ2n) is 8.87. The van der Waals surface area contributed by atoms with Crippen molar-refractivity contribution in [2.75, 3.05) is 44.6 Å². The van der Waals surface area contributed by atoms with Crippen molar-refractivity contribution in [2.45, 2.75) is 18.6 Å². The number of hydrogen-bond acceptors (Lipinski definition) is 5. The normalized spacial score (nSPS) is 15.2. The van der Waals surface area contributed by atoms with Gasteiger partial charge in [0.05, 0.1) is 16.5 Å². The van der Waals surface area contributed by atoms with Gasteiger partial charge in [-0.15, -0.1) is 0 Å². The molecule has 0 aliphatic carbocycles. The van der Waals surface area contributed by atoms with E-state index < -0.39 is 22.4 Å². The Morgan fingerprint density at radius 1 is 0.889 bits per heavy atom. The molecule has 1 saturated heterocycles. The Labute approximate surface area is 208 Å². The lowest BCUT2D eigenvalue weighted by Crippen LogP contribution is -2.48. The predicted octanol–water partition coefficient (Wildman–Crippen LogP) is 5.82. The van der Waals surface area contributed by atoms with Crippen molar-refractivity contribution in [3.05, 3.63) is 106 Å². The molecule has 190 valence electrons. The van der Waals surface area contributed by atoms with Crippen LogP contribution in [0.15, 0.2) is 78.9 Å². The second kappa shape index (κ2) is 11.5. The van der Waals surface area contributed by atoms with Gasteiger partial charge in [0.1, 0.15) is 5.69 Å². The number of benzene rings is 3. The zero-order valence-corrected chi connectivity index (χ0v) is 19.8. The van der Waals surface area contributed by atoms with Gasteiger partial charge in [0.15, 0.2) is 0 Å². The summed E-state index contributed by atoms with van der Waals surface area (Å²) in [6.45, 7) is 4.85. The van der Waals surface area contributed by atoms with E-state index in [9.17, 15) is 23.3 Å². The van der Waals surface area contributed by atoms with E-state index in [0.717, 1.165) is 51.3 Å². The van der Waals surface area contributed by atoms with Gasteiger partial charge in [-0.25, -0.2) is 0 Å². The molecule has 9 heteroatoms. The molecular weight excluding hydrogens is 469 g/mol. The fraction of sp³-hybridized carbons (Fsp3) is 0.333. The van der Waals surface area contributed by atoms with Crippen LogP contribution in [0.2, 0.25) is 0 Å². The molecule has 4 rings (SSSR count). The van der Waals surface area contributed by atoms with E-state index in [-0.39, 0.29) is 11.7 Å². The molecule has 0 aromatic heterocycles. The van der Waals surface area contributed by atoms with Crippen LogP contribution in [0.4, 0.5) is 24.5 Å². The van der Waals surface area contributed by atoms with Gasteiger partial charge in [-0.05, 0) is 36.2 Å². The second-order valence-corrected chi connectivity index (χ2v) is 8.87. The number of anilines is 1. The fourth-order valence-corrected chi connectivity index (χ4v) is 4.66. The summed E-state index contributed by atoms with van der Waals surface area (Å²) in [5.74, 6) is 0. The quantitative estimate of drug-likeness (QED) is 0.229. The molecule has 3 aromatic rings. The Hall–Kier alpha value is -3.43. The molecule has 0 saturated carbocycles. The minimum Gasteiger partial charge on any atom is -0.379 e. The summed E-state index contributed by atoms with van der Waals surface area (Å²) in [5.41, 5.74) is 1.04. The highest BCUT2D eigenvalue weighted by molar-refractivity contribution is 5.62. The van der Waals surface area contributed by atoms with E-state index in [1.54, 1.807) is 0 Å². The van der Waals surface area contributed by atoms with E-state index in [4.69, 9.17) is 0 Å². The van der Waals surface area contributed by atoms with Gasteiger partial charge in [-0.1, -0.05) is 60.7 Å². The van der Waals surface area contributed by atoms with E-state index in [1.165, 1.54) is 11.1 Å². The summed E-state index contributed by atoms with van der Waals surface area (Å²) < 4.78 is 38.7. The van der Waals surface area contributed by atoms with Crippen LogP contribution in [-0.4, -0.2) is 54.0 Å². The average molecular weight is 499 g/mol. The van der Waals surface area contributed by atoms with Crippen LogP contribution in [0.5, 0.6) is 0 Å². The molecule has 0 bridgehead atoms. The van der Waals surface area contributed by atoms with Crippen LogP contribution >= 0.6 is 0 Å². The summed E-state index contributed by atoms with van der Waals surface area (Å²) in [6, 6.07) is 23.7. The number of nitro groups is 1. The minimum atomic E-state index is -4.62. The molecule has 0 radical (unpaired) electrons. The fourth-order valence-electron chi connectivity index (χ4n) is 4.66. The number of alkyl halides is 3. The van der Waals surface area contributed by atoms with E-state index >= 15 is 0 Å². The molecule has 0 unspecified atom stereocenters. The third-order valence-corrected chi connectivity index (χ3v) is 6.49. The first-order valence-electron chi connectivity index (χ1n) is 12.0. The smallest absolute Gasteiger partial charge is 0.379 e. The van der Waals surface area contributed by atoms with E-state index in [1.807, 2.05) is 12.1 Å². The van der Waals surface area contributed by atoms with Crippen molar-refractivity contribution in [1.82, 2.24) is 9.80 Å². The summed E-state index contributed by atoms with van der Waals surface area (Å²) in [7, 11) is 0. The molecule has 1 heterocycles. The maximum atomic E-state index is 12.9. The molecule has 1 aliphatic rings. The van der Waals surface area contributed by atoms with E-state index in [2.05, 4.69) is 63.6 Å². The molecular formula is C27H29F3N4O2. The van der Waals surface area contributed by atoms with Gasteiger partial charge < -0.3 is 10.2 Å². The Bertz CT molecular complexity index is 1100. The maximum absolute atomic E-state index is 12.9. The molecule has 0 atom stereocenters. The molecule has 1 aliphatic heterocycles. The monoisotopic (exact) mass is 498 g/mol. The first-order valence-corrected chi connectivity index (χ1v) is 12.0. The van der Waals surface area contributed by atoms with Crippen LogP contribution in [0.25, 0.3) is 0 Å². The lowest BCUT2D eigenvalue weighted by molar-refractivity contribution is -0.384. The molecule has 36 heavy (non-hydrogen) atoms. The number of halogens is 3. The van der Waals surface area contributed by atoms with Gasteiger partial charge in [0, 0.05) is 38.8 Å². The Kier molecular flexibility index (Phi) is 8.22. The number of nitro benzene ring substituents is 1. The molecule has 6 nitrogen and oxygen atoms in total. The van der Waals surface area contributed by atoms with Gasteiger partial charge in [-0.3, -0.25) is 15.0 Å². The van der Waals surface area contributed by atoms with E-state index in [0.29, 0.717) is 12.6 Å². The summed E-state index contributed by atoms with van der Waals surface area (Å²) >= 11 is 0. The average Bonchev–Trinajstić information content (AvgIpc) is 2.88. The molecule has 3 aromatic carbocycles. The highest BCUT2D eigenvalue weighted by Gasteiger charge is 2.33. The van der Waals surface area contributed by atoms with Crippen molar-refractivity contribution >= 4 is 11.4 Å². The van der Waals surface area contributed by atoms with Crippen molar-refractivity contribution in [1.29, 1.82) is 0 Å². The largest absolute Gasteiger partial charge is 0.416 e. The molecule has 0 spiro atoms. The Morgan fingerprint density at radius 2 is 1.47 bits per heavy atom. The number of nitrogens with one attached hydrogen (secondary N) is 1. The zero-order valence-electron chi connectivity index (χ0n) is 19.8. The van der Waals surface area contributed by atoms with Crippen LogP contribution in [0.1, 0.15) is 29.2 Å². The first kappa shape index (κ1) is 25.7. The molecule has 1 N–H and O–H groups in total. The lowest BCUT2D eigenvalue weighted by Gasteiger charge is -2.39. The van der Waals surface area contributed by atoms with Crippen molar-refractivity contribution in [3.8, 4) is 0 Å². The standard InChI is InChI=1S/C27H29F3N4O2/c28-27(29,30)23-12-13-24(25(20-23)34(35)36)31-14-7-15-32-16-18-33(19-17-32)26(21-8-3-1-4-9-21)22-10-5-2-6-11-22/h1-6,8-13,20,26,31H,7,14-19H2. The van der Waals surface area contributed by atoms with Gasteiger partial charge in [-0.2, -0.15) is 13.2 Å². The first-order chi connectivity index (χ1) is 17.3. The predicted molar refractivity (Wildman–Crippen MR) is 134 cm³/mol. The summed E-state index contributed by atoms with van der Waals surface area (Å²) in [5, 5.41) is 14.2. The molecule has 1 fully saturated rings. The van der Waals surface area contributed by atoms with Crippen LogP contribution in [0.3, 0.4) is 0 Å². The van der Waals surface area contributed by atoms with Crippen LogP contribution in [-0.2, 0) is 6.18 Å². The third kappa shape index (κ3) is 6.41. The summed E-state index contributed by atoms with van der Waals surface area (Å²) in [4.78, 5) is 15.3. The Morgan fingerprint density at radius 3 is 2.00 bits per heavy atom. The van der Waals surface area contributed by atoms with Crippen LogP contribution in [0, 0.1) is 10.1 Å². The SMILES string of the molecule is O=[N+]([O-])c1cc(C(F)(F)F)ccc1NCCCN1CCN(C(c2ccccc2)c2ccccc2)CC1. The highest BCUT2D eigenvalue weighted by Crippen LogP contribution is 2.35. The Balaban J connectivity index is 1.30. The van der Waals surface area contributed by atoms with Crippen molar-refractivity contribution < 1.29 is 18.1 Å². The third-order valence-electron chi connectivity index (χ3n) is 6.49. The van der Waals surface area contributed by atoms with Gasteiger partial charge in [0.2, 0.25) is 0 Å². The molecule has 0 amide bonds. The summed E-state index contributed by atoms with van der Waals surface area (Å²) in [6.07, 6.45) is -3.90. The van der Waals surface area contributed by atoms with Gasteiger partial charge in [0.25, 0.3) is 5.69 Å². The van der Waals surface area contributed by atoms with Crippen molar-refractivity contribution in [3.63, 3.8) is 0 Å². The lowest BCUT2D eigenvalue weighted by atomic mass is 9.96. The van der Waals surface area contributed by atoms with Gasteiger partial charge >= 0.3 is 6.18 Å². The number of hydrogen-bond donors (Lipinski definition) is 1. The van der Waals surface area contributed by atoms with Crippen LogP contribution < -0.4 is 5.32 Å². The minimum absolute atomic E-state index is 0.103. The highest BCUT2D eigenvalue weighted by atomic mass is 19.4. The zero-order chi connectivity index (χ0) is 25.5. The topological polar surface area (TPSA) is 61.7 Å². The maximum Gasteiger partial charge on any atom is 0.416 e. The number of nitrogens with zero attached hydrogens (tertiary/aromatic N) is 3. The number of piperazine rings is 1. The number of rotatable bonds is 9.